The Morgan fingerprint density at radius 2 is 2.38 bits per heavy atom. The van der Waals surface area contributed by atoms with Crippen molar-refractivity contribution in [3.8, 4) is 0 Å². The van der Waals surface area contributed by atoms with Gasteiger partial charge < -0.3 is 0 Å². The van der Waals surface area contributed by atoms with Crippen LogP contribution >= 0.6 is 0 Å². The Kier molecular flexibility index (Phi) is 3.15. The second kappa shape index (κ2) is 3.41. The molecule has 0 saturated carbocycles. The molecule has 0 aliphatic heterocycles. The predicted molar refractivity (Wildman–Crippen MR) is 31.0 cm³/mol. The molecule has 0 aromatic rings. The van der Waals surface area contributed by atoms with Crippen LogP contribution in [0.25, 0.3) is 0 Å². The third kappa shape index (κ3) is 3.59. The van der Waals surface area contributed by atoms with Crippen LogP contribution in [0, 0.1) is 22.5 Å². The first kappa shape index (κ1) is 7.40. The summed E-state index contributed by atoms with van der Waals surface area (Å²) in [5.41, 5.74) is 0. The van der Waals surface area contributed by atoms with E-state index in [9.17, 15) is 10.1 Å². The summed E-state index contributed by atoms with van der Waals surface area (Å²) in [4.78, 5) is 9.45. The van der Waals surface area contributed by atoms with Gasteiger partial charge in [-0.05, 0) is 6.42 Å². The maximum absolute atomic E-state index is 9.75. The monoisotopic (exact) mass is 116 g/mol. The van der Waals surface area contributed by atoms with Crippen molar-refractivity contribution in [2.24, 2.45) is 5.92 Å². The smallest absolute Gasteiger partial charge is 0.206 e. The van der Waals surface area contributed by atoms with Gasteiger partial charge in [0.25, 0.3) is 0 Å². The van der Waals surface area contributed by atoms with Gasteiger partial charge >= 0.3 is 0 Å². The lowest BCUT2D eigenvalue weighted by Gasteiger charge is -1.98. The van der Waals surface area contributed by atoms with Crippen molar-refractivity contribution in [2.45, 2.75) is 13.8 Å². The summed E-state index contributed by atoms with van der Waals surface area (Å²) in [5, 5.41) is 9.75. The molecule has 0 amide bonds. The first-order valence-electron chi connectivity index (χ1n) is 2.58. The van der Waals surface area contributed by atoms with Gasteiger partial charge in [0, 0.05) is 10.8 Å². The molecule has 3 heteroatoms. The van der Waals surface area contributed by atoms with Crippen molar-refractivity contribution in [2.75, 3.05) is 6.54 Å². The molecule has 8 heavy (non-hydrogen) atoms. The molecule has 0 N–H and O–H groups in total. The van der Waals surface area contributed by atoms with E-state index in [1.54, 1.807) is 0 Å². The number of rotatable bonds is 3. The third-order valence-electron chi connectivity index (χ3n) is 1.01. The Labute approximate surface area is 48.9 Å². The summed E-state index contributed by atoms with van der Waals surface area (Å²) >= 11 is 0. The maximum Gasteiger partial charge on any atom is 0.206 e. The SMILES string of the molecule is C[CH]C(C)C[N+](=O)[O-]. The molecule has 47 valence electrons. The van der Waals surface area contributed by atoms with Crippen molar-refractivity contribution in [3.63, 3.8) is 0 Å². The first-order chi connectivity index (χ1) is 3.66. The molecule has 0 heterocycles. The van der Waals surface area contributed by atoms with E-state index in [1.165, 1.54) is 0 Å². The molecule has 0 aromatic heterocycles. The second-order valence-corrected chi connectivity index (χ2v) is 1.83. The van der Waals surface area contributed by atoms with Crippen LogP contribution in [0.5, 0.6) is 0 Å². The molecule has 0 saturated heterocycles. The fraction of sp³-hybridized carbons (Fsp3) is 0.800. The van der Waals surface area contributed by atoms with E-state index in [-0.39, 0.29) is 17.4 Å². The van der Waals surface area contributed by atoms with Crippen LogP contribution in [-0.2, 0) is 0 Å². The fourth-order valence-electron chi connectivity index (χ4n) is 0.341. The number of hydrogen-bond donors (Lipinski definition) is 0. The molecule has 0 rings (SSSR count). The van der Waals surface area contributed by atoms with Crippen LogP contribution in [0.3, 0.4) is 0 Å². The highest BCUT2D eigenvalue weighted by Crippen LogP contribution is 1.97. The number of nitro groups is 1. The minimum Gasteiger partial charge on any atom is -0.265 e. The van der Waals surface area contributed by atoms with E-state index in [4.69, 9.17) is 0 Å². The standard InChI is InChI=1S/C5H10NO2/c1-3-5(2)4-6(7)8/h3,5H,4H2,1-2H3. The Hall–Kier alpha value is -0.600. The lowest BCUT2D eigenvalue weighted by molar-refractivity contribution is -0.485. The van der Waals surface area contributed by atoms with Crippen molar-refractivity contribution in [3.05, 3.63) is 16.5 Å². The van der Waals surface area contributed by atoms with Crippen LogP contribution in [0.4, 0.5) is 0 Å². The molecule has 0 spiro atoms. The predicted octanol–water partition coefficient (Wildman–Crippen LogP) is 1.12. The van der Waals surface area contributed by atoms with Crippen LogP contribution < -0.4 is 0 Å². The van der Waals surface area contributed by atoms with Crippen molar-refractivity contribution in [1.82, 2.24) is 0 Å². The van der Waals surface area contributed by atoms with Gasteiger partial charge in [-0.2, -0.15) is 0 Å². The molecule has 3 nitrogen and oxygen atoms in total. The van der Waals surface area contributed by atoms with E-state index < -0.39 is 0 Å². The summed E-state index contributed by atoms with van der Waals surface area (Å²) in [6.07, 6.45) is 1.82. The third-order valence-corrected chi connectivity index (χ3v) is 1.01. The van der Waals surface area contributed by atoms with Crippen LogP contribution in [0.1, 0.15) is 13.8 Å². The Morgan fingerprint density at radius 3 is 2.50 bits per heavy atom. The van der Waals surface area contributed by atoms with E-state index in [1.807, 2.05) is 20.3 Å². The highest BCUT2D eigenvalue weighted by atomic mass is 16.6. The van der Waals surface area contributed by atoms with Gasteiger partial charge in [0.1, 0.15) is 0 Å². The van der Waals surface area contributed by atoms with Gasteiger partial charge in [-0.1, -0.05) is 13.8 Å². The second-order valence-electron chi connectivity index (χ2n) is 1.83. The van der Waals surface area contributed by atoms with E-state index in [0.29, 0.717) is 0 Å². The lowest BCUT2D eigenvalue weighted by Crippen LogP contribution is -2.09. The van der Waals surface area contributed by atoms with E-state index in [0.717, 1.165) is 0 Å². The topological polar surface area (TPSA) is 43.1 Å². The average molecular weight is 116 g/mol. The Morgan fingerprint density at radius 1 is 1.88 bits per heavy atom. The van der Waals surface area contributed by atoms with Crippen LogP contribution in [-0.4, -0.2) is 11.5 Å². The molecule has 0 aliphatic carbocycles. The quantitative estimate of drug-likeness (QED) is 0.409. The summed E-state index contributed by atoms with van der Waals surface area (Å²) in [5.74, 6) is 0.102. The van der Waals surface area contributed by atoms with Gasteiger partial charge in [0.05, 0.1) is 0 Å². The summed E-state index contributed by atoms with van der Waals surface area (Å²) < 4.78 is 0. The highest BCUT2D eigenvalue weighted by Gasteiger charge is 2.04. The molecule has 0 aromatic carbocycles. The minimum absolute atomic E-state index is 0.0521. The van der Waals surface area contributed by atoms with Crippen LogP contribution in [0.2, 0.25) is 0 Å². The van der Waals surface area contributed by atoms with Gasteiger partial charge in [-0.3, -0.25) is 10.1 Å². The average Bonchev–Trinajstić information content (AvgIpc) is 1.65. The molecule has 1 atom stereocenters. The molecule has 1 radical (unpaired) electrons. The highest BCUT2D eigenvalue weighted by molar-refractivity contribution is 4.63. The molecule has 0 bridgehead atoms. The Balaban J connectivity index is 3.24. The Bertz CT molecular complexity index is 82.5. The fourth-order valence-corrected chi connectivity index (χ4v) is 0.341. The van der Waals surface area contributed by atoms with Gasteiger partial charge in [-0.25, -0.2) is 0 Å². The zero-order valence-corrected chi connectivity index (χ0v) is 5.13. The molecular formula is C5H10NO2. The summed E-state index contributed by atoms with van der Waals surface area (Å²) in [6.45, 7) is 3.70. The van der Waals surface area contributed by atoms with Gasteiger partial charge in [0.15, 0.2) is 0 Å². The summed E-state index contributed by atoms with van der Waals surface area (Å²) in [6, 6.07) is 0. The van der Waals surface area contributed by atoms with Crippen molar-refractivity contribution >= 4 is 0 Å². The minimum atomic E-state index is -0.301. The zero-order valence-electron chi connectivity index (χ0n) is 5.13. The normalized spacial score (nSPS) is 13.2. The van der Waals surface area contributed by atoms with E-state index in [2.05, 4.69) is 0 Å². The van der Waals surface area contributed by atoms with Crippen molar-refractivity contribution < 1.29 is 4.92 Å². The summed E-state index contributed by atoms with van der Waals surface area (Å²) in [7, 11) is 0. The number of nitrogens with zero attached hydrogens (tertiary/aromatic N) is 1. The van der Waals surface area contributed by atoms with E-state index >= 15 is 0 Å². The van der Waals surface area contributed by atoms with Gasteiger partial charge in [-0.15, -0.1) is 0 Å². The molecule has 0 fully saturated rings. The van der Waals surface area contributed by atoms with Crippen LogP contribution in [0.15, 0.2) is 0 Å². The molecular weight excluding hydrogens is 106 g/mol. The zero-order chi connectivity index (χ0) is 6.57. The molecule has 1 unspecified atom stereocenters. The van der Waals surface area contributed by atoms with Gasteiger partial charge in [0.2, 0.25) is 6.54 Å². The molecule has 0 aliphatic rings. The van der Waals surface area contributed by atoms with Crippen molar-refractivity contribution in [1.29, 1.82) is 0 Å². The lowest BCUT2D eigenvalue weighted by atomic mass is 10.1. The largest absolute Gasteiger partial charge is 0.265 e. The number of hydrogen-bond acceptors (Lipinski definition) is 2. The first-order valence-corrected chi connectivity index (χ1v) is 2.58. The maximum atomic E-state index is 9.75.